The smallest absolute Gasteiger partial charge is 0.136 e. The molecule has 3 aromatic rings. The number of fused-ring (bicyclic) bond motifs is 3. The van der Waals surface area contributed by atoms with Crippen LogP contribution >= 0.6 is 11.6 Å². The number of rotatable bonds is 0. The zero-order valence-corrected chi connectivity index (χ0v) is 9.92. The van der Waals surface area contributed by atoms with Gasteiger partial charge in [-0.2, -0.15) is 0 Å². The molecule has 1 aromatic heterocycles. The predicted molar refractivity (Wildman–Crippen MR) is 69.0 cm³/mol. The molecule has 0 unspecified atom stereocenters. The van der Waals surface area contributed by atoms with Crippen LogP contribution in [0.25, 0.3) is 21.5 Å². The van der Waals surface area contributed by atoms with Gasteiger partial charge in [-0.1, -0.05) is 29.8 Å². The molecule has 0 N–H and O–H groups in total. The van der Waals surface area contributed by atoms with Crippen molar-refractivity contribution in [3.63, 3.8) is 0 Å². The number of pyridine rings is 1. The lowest BCUT2D eigenvalue weighted by atomic mass is 10.0. The Labute approximate surface area is 103 Å². The first kappa shape index (κ1) is 10.5. The number of aromatic nitrogens is 1. The van der Waals surface area contributed by atoms with Crippen molar-refractivity contribution in [2.45, 2.75) is 6.92 Å². The van der Waals surface area contributed by atoms with E-state index in [0.717, 1.165) is 21.7 Å². The largest absolute Gasteiger partial charge is 0.244 e. The Bertz CT molecular complexity index is 737. The second-order valence-corrected chi connectivity index (χ2v) is 4.47. The highest BCUT2D eigenvalue weighted by Crippen LogP contribution is 2.31. The standard InChI is InChI=1S/C14H9ClFN/c1-8-6-9-2-3-11-10(4-5-17-14(11)15)13(9)12(16)7-8/h2-7H,1H3. The summed E-state index contributed by atoms with van der Waals surface area (Å²) in [5, 5.41) is 3.49. The first-order valence-corrected chi connectivity index (χ1v) is 5.68. The predicted octanol–water partition coefficient (Wildman–Crippen LogP) is 4.49. The van der Waals surface area contributed by atoms with E-state index >= 15 is 0 Å². The van der Waals surface area contributed by atoms with Crippen molar-refractivity contribution in [3.05, 3.63) is 53.1 Å². The lowest BCUT2D eigenvalue weighted by Crippen LogP contribution is -1.86. The minimum atomic E-state index is -0.215. The molecule has 1 heterocycles. The van der Waals surface area contributed by atoms with E-state index in [9.17, 15) is 4.39 Å². The SMILES string of the molecule is Cc1cc(F)c2c(ccc3c(Cl)nccc32)c1. The molecule has 84 valence electrons. The summed E-state index contributed by atoms with van der Waals surface area (Å²) in [6, 6.07) is 9.05. The molecule has 1 nitrogen and oxygen atoms in total. The molecule has 0 atom stereocenters. The molecule has 3 heteroatoms. The molecule has 0 radical (unpaired) electrons. The van der Waals surface area contributed by atoms with Gasteiger partial charge in [0.1, 0.15) is 11.0 Å². The van der Waals surface area contributed by atoms with E-state index in [4.69, 9.17) is 11.6 Å². The van der Waals surface area contributed by atoms with Gasteiger partial charge in [-0.3, -0.25) is 0 Å². The van der Waals surface area contributed by atoms with Crippen molar-refractivity contribution >= 4 is 33.1 Å². The summed E-state index contributed by atoms with van der Waals surface area (Å²) in [4.78, 5) is 4.00. The van der Waals surface area contributed by atoms with Gasteiger partial charge in [-0.15, -0.1) is 0 Å². The summed E-state index contributed by atoms with van der Waals surface area (Å²) in [7, 11) is 0. The summed E-state index contributed by atoms with van der Waals surface area (Å²) in [5.74, 6) is -0.215. The Hall–Kier alpha value is -1.67. The zero-order valence-electron chi connectivity index (χ0n) is 9.17. The molecule has 0 aliphatic rings. The first-order chi connectivity index (χ1) is 8.16. The van der Waals surface area contributed by atoms with Crippen molar-refractivity contribution in [1.82, 2.24) is 4.98 Å². The van der Waals surface area contributed by atoms with Crippen LogP contribution in [0, 0.1) is 12.7 Å². The van der Waals surface area contributed by atoms with Crippen LogP contribution in [0.15, 0.2) is 36.5 Å². The van der Waals surface area contributed by atoms with Crippen LogP contribution in [-0.4, -0.2) is 4.98 Å². The quantitative estimate of drug-likeness (QED) is 0.420. The van der Waals surface area contributed by atoms with Crippen molar-refractivity contribution in [1.29, 1.82) is 0 Å². The maximum atomic E-state index is 14.0. The Morgan fingerprint density at radius 2 is 1.94 bits per heavy atom. The fourth-order valence-corrected chi connectivity index (χ4v) is 2.40. The normalized spacial score (nSPS) is 11.2. The van der Waals surface area contributed by atoms with Crippen LogP contribution in [0.4, 0.5) is 4.39 Å². The van der Waals surface area contributed by atoms with Crippen LogP contribution in [0.2, 0.25) is 5.15 Å². The van der Waals surface area contributed by atoms with E-state index < -0.39 is 0 Å². The summed E-state index contributed by atoms with van der Waals surface area (Å²) in [5.41, 5.74) is 0.912. The Kier molecular flexibility index (Phi) is 2.26. The number of hydrogen-bond donors (Lipinski definition) is 0. The lowest BCUT2D eigenvalue weighted by Gasteiger charge is -2.06. The van der Waals surface area contributed by atoms with Crippen molar-refractivity contribution in [2.75, 3.05) is 0 Å². The monoisotopic (exact) mass is 245 g/mol. The van der Waals surface area contributed by atoms with Crippen LogP contribution in [0.3, 0.4) is 0 Å². The Balaban J connectivity index is 2.60. The highest BCUT2D eigenvalue weighted by atomic mass is 35.5. The molecule has 2 aromatic carbocycles. The average molecular weight is 246 g/mol. The minimum Gasteiger partial charge on any atom is -0.244 e. The van der Waals surface area contributed by atoms with Crippen molar-refractivity contribution < 1.29 is 4.39 Å². The third-order valence-corrected chi connectivity index (χ3v) is 3.21. The van der Waals surface area contributed by atoms with Gasteiger partial charge in [-0.05, 0) is 35.4 Å². The number of nitrogens with zero attached hydrogens (tertiary/aromatic N) is 1. The molecule has 3 rings (SSSR count). The summed E-state index contributed by atoms with van der Waals surface area (Å²) >= 11 is 6.01. The van der Waals surface area contributed by atoms with Gasteiger partial charge in [0.15, 0.2) is 0 Å². The molecule has 0 saturated carbocycles. The lowest BCUT2D eigenvalue weighted by molar-refractivity contribution is 0.639. The second kappa shape index (κ2) is 3.67. The van der Waals surface area contributed by atoms with Gasteiger partial charge in [0.05, 0.1) is 0 Å². The third kappa shape index (κ3) is 1.56. The Morgan fingerprint density at radius 1 is 1.12 bits per heavy atom. The van der Waals surface area contributed by atoms with Crippen LogP contribution in [0.1, 0.15) is 5.56 Å². The molecular weight excluding hydrogens is 237 g/mol. The molecule has 0 saturated heterocycles. The topological polar surface area (TPSA) is 12.9 Å². The number of halogens is 2. The van der Waals surface area contributed by atoms with E-state index in [0.29, 0.717) is 10.5 Å². The highest BCUT2D eigenvalue weighted by Gasteiger charge is 2.08. The maximum Gasteiger partial charge on any atom is 0.136 e. The fraction of sp³-hybridized carbons (Fsp3) is 0.0714. The van der Waals surface area contributed by atoms with E-state index in [1.54, 1.807) is 12.3 Å². The van der Waals surface area contributed by atoms with Crippen LogP contribution in [0.5, 0.6) is 0 Å². The molecule has 17 heavy (non-hydrogen) atoms. The fourth-order valence-electron chi connectivity index (χ4n) is 2.18. The molecule has 0 bridgehead atoms. The number of benzene rings is 2. The van der Waals surface area contributed by atoms with E-state index in [-0.39, 0.29) is 5.82 Å². The van der Waals surface area contributed by atoms with Crippen molar-refractivity contribution in [2.24, 2.45) is 0 Å². The molecular formula is C14H9ClFN. The van der Waals surface area contributed by atoms with E-state index in [1.807, 2.05) is 25.1 Å². The van der Waals surface area contributed by atoms with Crippen molar-refractivity contribution in [3.8, 4) is 0 Å². The highest BCUT2D eigenvalue weighted by molar-refractivity contribution is 6.35. The molecule has 0 spiro atoms. The molecule has 0 fully saturated rings. The summed E-state index contributed by atoms with van der Waals surface area (Å²) in [6.07, 6.45) is 1.60. The van der Waals surface area contributed by atoms with E-state index in [2.05, 4.69) is 4.98 Å². The second-order valence-electron chi connectivity index (χ2n) is 4.11. The Morgan fingerprint density at radius 3 is 2.76 bits per heavy atom. The van der Waals surface area contributed by atoms with Crippen LogP contribution < -0.4 is 0 Å². The number of hydrogen-bond acceptors (Lipinski definition) is 1. The van der Waals surface area contributed by atoms with Gasteiger partial charge >= 0.3 is 0 Å². The third-order valence-electron chi connectivity index (χ3n) is 2.91. The molecule has 0 aliphatic carbocycles. The number of aryl methyl sites for hydroxylation is 1. The molecule has 0 amide bonds. The van der Waals surface area contributed by atoms with Gasteiger partial charge in [-0.25, -0.2) is 9.37 Å². The first-order valence-electron chi connectivity index (χ1n) is 5.30. The summed E-state index contributed by atoms with van der Waals surface area (Å²) in [6.45, 7) is 1.88. The van der Waals surface area contributed by atoms with Gasteiger partial charge < -0.3 is 0 Å². The van der Waals surface area contributed by atoms with Gasteiger partial charge in [0.2, 0.25) is 0 Å². The zero-order chi connectivity index (χ0) is 12.0. The average Bonchev–Trinajstić information content (AvgIpc) is 2.28. The minimum absolute atomic E-state index is 0.215. The summed E-state index contributed by atoms with van der Waals surface area (Å²) < 4.78 is 14.0. The maximum absolute atomic E-state index is 14.0. The van der Waals surface area contributed by atoms with Gasteiger partial charge in [0.25, 0.3) is 0 Å². The molecule has 0 aliphatic heterocycles. The van der Waals surface area contributed by atoms with E-state index in [1.165, 1.54) is 6.07 Å². The van der Waals surface area contributed by atoms with Gasteiger partial charge in [0, 0.05) is 17.0 Å². The van der Waals surface area contributed by atoms with Crippen LogP contribution in [-0.2, 0) is 0 Å².